The fourth-order valence-electron chi connectivity index (χ4n) is 4.41. The number of para-hydroxylation sites is 1. The molecule has 0 fully saturated rings. The fraction of sp³-hybridized carbons (Fsp3) is 0.0741. The number of esters is 1. The third kappa shape index (κ3) is 3.07. The van der Waals surface area contributed by atoms with E-state index in [1.165, 1.54) is 6.26 Å². The monoisotopic (exact) mass is 436 g/mol. The van der Waals surface area contributed by atoms with Crippen molar-refractivity contribution in [2.45, 2.75) is 12.3 Å². The number of carbonyl (C=O) groups is 2. The van der Waals surface area contributed by atoms with Crippen LogP contribution in [0.5, 0.6) is 11.5 Å². The molecule has 2 aliphatic heterocycles. The Balaban J connectivity index is 1.52. The first-order chi connectivity index (χ1) is 16.1. The van der Waals surface area contributed by atoms with Gasteiger partial charge in [-0.05, 0) is 35.9 Å². The molecule has 0 saturated heterocycles. The molecule has 6 rings (SSSR count). The lowest BCUT2D eigenvalue weighted by Gasteiger charge is -2.25. The Morgan fingerprint density at radius 1 is 0.848 bits per heavy atom. The molecule has 0 N–H and O–H groups in total. The molecule has 3 heterocycles. The van der Waals surface area contributed by atoms with Crippen molar-refractivity contribution in [2.24, 2.45) is 0 Å². The summed E-state index contributed by atoms with van der Waals surface area (Å²) in [6.45, 7) is 0. The van der Waals surface area contributed by atoms with E-state index in [0.29, 0.717) is 33.4 Å². The van der Waals surface area contributed by atoms with Gasteiger partial charge in [0.15, 0.2) is 11.2 Å². The van der Waals surface area contributed by atoms with Crippen LogP contribution in [0.1, 0.15) is 39.4 Å². The van der Waals surface area contributed by atoms with Crippen LogP contribution in [0.3, 0.4) is 0 Å². The molecule has 0 unspecified atom stereocenters. The molecule has 0 amide bonds. The molecular weight excluding hydrogens is 420 g/mol. The number of fused-ring (bicyclic) bond motifs is 4. The Labute approximate surface area is 187 Å². The van der Waals surface area contributed by atoms with Gasteiger partial charge in [-0.3, -0.25) is 14.4 Å². The second kappa shape index (κ2) is 7.31. The number of allylic oxidation sites excluding steroid dienone is 1. The average molecular weight is 436 g/mol. The quantitative estimate of drug-likeness (QED) is 0.254. The molecule has 2 aliphatic rings. The van der Waals surface area contributed by atoms with Crippen LogP contribution < -0.4 is 14.9 Å². The molecule has 1 aromatic heterocycles. The highest BCUT2D eigenvalue weighted by Gasteiger charge is 2.39. The highest BCUT2D eigenvalue weighted by molar-refractivity contribution is 6.15. The van der Waals surface area contributed by atoms with E-state index in [1.807, 2.05) is 30.3 Å². The highest BCUT2D eigenvalue weighted by Crippen LogP contribution is 2.48. The molecule has 4 aromatic rings. The molecular formula is C27H16O6. The van der Waals surface area contributed by atoms with Gasteiger partial charge in [-0.2, -0.15) is 0 Å². The molecule has 33 heavy (non-hydrogen) atoms. The van der Waals surface area contributed by atoms with Crippen molar-refractivity contribution in [3.8, 4) is 11.5 Å². The van der Waals surface area contributed by atoms with Crippen LogP contribution in [-0.2, 0) is 4.79 Å². The molecule has 160 valence electrons. The minimum Gasteiger partial charge on any atom is -0.464 e. The van der Waals surface area contributed by atoms with Crippen LogP contribution in [0.15, 0.2) is 88.0 Å². The number of hydrogen-bond donors (Lipinski definition) is 0. The summed E-state index contributed by atoms with van der Waals surface area (Å²) in [4.78, 5) is 38.7. The predicted molar refractivity (Wildman–Crippen MR) is 120 cm³/mol. The zero-order valence-corrected chi connectivity index (χ0v) is 17.2. The van der Waals surface area contributed by atoms with Crippen molar-refractivity contribution in [3.63, 3.8) is 0 Å². The van der Waals surface area contributed by atoms with Crippen LogP contribution in [0, 0.1) is 0 Å². The summed E-state index contributed by atoms with van der Waals surface area (Å²) in [5.74, 6) is -0.644. The maximum Gasteiger partial charge on any atom is 0.312 e. The molecule has 0 spiro atoms. The van der Waals surface area contributed by atoms with Gasteiger partial charge in [-0.25, -0.2) is 0 Å². The van der Waals surface area contributed by atoms with Gasteiger partial charge in [0.1, 0.15) is 17.1 Å². The molecule has 1 atom stereocenters. The summed E-state index contributed by atoms with van der Waals surface area (Å²) >= 11 is 0. The van der Waals surface area contributed by atoms with Gasteiger partial charge in [0.25, 0.3) is 0 Å². The molecule has 6 heteroatoms. The van der Waals surface area contributed by atoms with E-state index >= 15 is 0 Å². The molecule has 0 radical (unpaired) electrons. The van der Waals surface area contributed by atoms with E-state index in [9.17, 15) is 14.4 Å². The zero-order chi connectivity index (χ0) is 22.5. The van der Waals surface area contributed by atoms with Crippen molar-refractivity contribution >= 4 is 28.8 Å². The summed E-state index contributed by atoms with van der Waals surface area (Å²) in [6, 6.07) is 19.5. The smallest absolute Gasteiger partial charge is 0.312 e. The second-order valence-corrected chi connectivity index (χ2v) is 7.95. The number of benzene rings is 3. The third-order valence-electron chi connectivity index (χ3n) is 5.96. The van der Waals surface area contributed by atoms with Crippen molar-refractivity contribution in [2.75, 3.05) is 0 Å². The van der Waals surface area contributed by atoms with Gasteiger partial charge in [0, 0.05) is 17.0 Å². The van der Waals surface area contributed by atoms with Gasteiger partial charge in [0.2, 0.25) is 5.78 Å². The Kier molecular flexibility index (Phi) is 4.26. The number of ketones is 1. The molecule has 0 aliphatic carbocycles. The Morgan fingerprint density at radius 3 is 2.48 bits per heavy atom. The van der Waals surface area contributed by atoms with E-state index in [-0.39, 0.29) is 29.1 Å². The van der Waals surface area contributed by atoms with Gasteiger partial charge in [-0.15, -0.1) is 0 Å². The van der Waals surface area contributed by atoms with E-state index in [1.54, 1.807) is 42.5 Å². The Morgan fingerprint density at radius 2 is 1.64 bits per heavy atom. The summed E-state index contributed by atoms with van der Waals surface area (Å²) in [6.07, 6.45) is 2.99. The lowest BCUT2D eigenvalue weighted by atomic mass is 9.85. The summed E-state index contributed by atoms with van der Waals surface area (Å²) < 4.78 is 17.2. The van der Waals surface area contributed by atoms with Crippen molar-refractivity contribution in [3.05, 3.63) is 111 Å². The summed E-state index contributed by atoms with van der Waals surface area (Å²) in [5.41, 5.74) is 2.23. The number of hydrogen-bond acceptors (Lipinski definition) is 6. The lowest BCUT2D eigenvalue weighted by Crippen LogP contribution is -2.25. The third-order valence-corrected chi connectivity index (χ3v) is 5.96. The van der Waals surface area contributed by atoms with E-state index < -0.39 is 11.9 Å². The van der Waals surface area contributed by atoms with Gasteiger partial charge < -0.3 is 13.9 Å². The topological polar surface area (TPSA) is 82.8 Å². The number of carbonyl (C=O) groups excluding carboxylic acids is 2. The van der Waals surface area contributed by atoms with Gasteiger partial charge in [-0.1, -0.05) is 42.5 Å². The van der Waals surface area contributed by atoms with Crippen molar-refractivity contribution < 1.29 is 23.5 Å². The lowest BCUT2D eigenvalue weighted by molar-refractivity contribution is -0.135. The Hall–Kier alpha value is -4.45. The average Bonchev–Trinajstić information content (AvgIpc) is 3.14. The zero-order valence-electron chi connectivity index (χ0n) is 17.2. The maximum atomic E-state index is 13.3. The minimum absolute atomic E-state index is 0.0676. The molecule has 6 nitrogen and oxygen atoms in total. The molecule has 0 saturated carbocycles. The predicted octanol–water partition coefficient (Wildman–Crippen LogP) is 4.85. The second-order valence-electron chi connectivity index (χ2n) is 7.95. The number of rotatable bonds is 2. The van der Waals surface area contributed by atoms with Crippen LogP contribution in [-0.4, -0.2) is 11.8 Å². The minimum atomic E-state index is -0.666. The largest absolute Gasteiger partial charge is 0.464 e. The van der Waals surface area contributed by atoms with Crippen molar-refractivity contribution in [1.29, 1.82) is 0 Å². The Bertz CT molecular complexity index is 1540. The SMILES string of the molecule is O=C1C[C@@H](c2coc3ccccc3c2=O)c2c(ccc3c2O/C(=C\c2ccccc2)C3=O)O1. The standard InChI is InChI=1S/C27H16O6/c28-23-13-18(19-14-31-20-9-5-4-8-16(20)25(19)29)24-21(32-23)11-10-17-26(30)22(33-27(17)24)12-15-6-2-1-3-7-15/h1-12,14,18H,13H2/b22-12-/t18-/m0/s1. The number of ether oxygens (including phenoxy) is 2. The summed E-state index contributed by atoms with van der Waals surface area (Å²) in [7, 11) is 0. The van der Waals surface area contributed by atoms with Gasteiger partial charge in [0.05, 0.1) is 23.6 Å². The summed E-state index contributed by atoms with van der Waals surface area (Å²) in [5, 5.41) is 0.421. The van der Waals surface area contributed by atoms with E-state index in [2.05, 4.69) is 0 Å². The first-order valence-electron chi connectivity index (χ1n) is 10.5. The highest BCUT2D eigenvalue weighted by atomic mass is 16.5. The van der Waals surface area contributed by atoms with Crippen molar-refractivity contribution in [1.82, 2.24) is 0 Å². The normalized spacial score (nSPS) is 18.1. The van der Waals surface area contributed by atoms with E-state index in [0.717, 1.165) is 5.56 Å². The fourth-order valence-corrected chi connectivity index (χ4v) is 4.41. The maximum absolute atomic E-state index is 13.3. The van der Waals surface area contributed by atoms with E-state index in [4.69, 9.17) is 13.9 Å². The van der Waals surface area contributed by atoms with Crippen LogP contribution in [0.4, 0.5) is 0 Å². The molecule has 0 bridgehead atoms. The van der Waals surface area contributed by atoms with Gasteiger partial charge >= 0.3 is 5.97 Å². The molecule has 3 aromatic carbocycles. The van der Waals surface area contributed by atoms with Crippen LogP contribution >= 0.6 is 0 Å². The van der Waals surface area contributed by atoms with Crippen LogP contribution in [0.25, 0.3) is 17.0 Å². The first kappa shape index (κ1) is 19.3. The first-order valence-corrected chi connectivity index (χ1v) is 10.5. The van der Waals surface area contributed by atoms with Crippen LogP contribution in [0.2, 0.25) is 0 Å². The number of Topliss-reactive ketones (excluding diaryl/α,β-unsaturated/α-hetero) is 1.